The van der Waals surface area contributed by atoms with Crippen molar-refractivity contribution >= 4 is 11.9 Å². The van der Waals surface area contributed by atoms with Crippen LogP contribution in [-0.2, 0) is 4.79 Å². The number of aliphatic carboxylic acids is 1. The molecule has 0 radical (unpaired) electrons. The Morgan fingerprint density at radius 3 is 2.56 bits per heavy atom. The van der Waals surface area contributed by atoms with Gasteiger partial charge in [0.2, 0.25) is 0 Å². The van der Waals surface area contributed by atoms with E-state index < -0.39 is 23.0 Å². The molecule has 1 aromatic rings. The van der Waals surface area contributed by atoms with Crippen molar-refractivity contribution in [2.75, 3.05) is 0 Å². The van der Waals surface area contributed by atoms with E-state index in [1.807, 2.05) is 0 Å². The summed E-state index contributed by atoms with van der Waals surface area (Å²) in [4.78, 5) is 39.9. The molecule has 0 aromatic carbocycles. The lowest BCUT2D eigenvalue weighted by Crippen LogP contribution is -2.52. The van der Waals surface area contributed by atoms with Crippen LogP contribution in [0.15, 0.2) is 17.2 Å². The van der Waals surface area contributed by atoms with Crippen LogP contribution in [0.25, 0.3) is 0 Å². The van der Waals surface area contributed by atoms with Crippen LogP contribution in [0.2, 0.25) is 0 Å². The van der Waals surface area contributed by atoms with Gasteiger partial charge in [-0.1, -0.05) is 12.8 Å². The van der Waals surface area contributed by atoms with E-state index in [0.717, 1.165) is 19.0 Å². The molecule has 7 heteroatoms. The molecule has 0 bridgehead atoms. The van der Waals surface area contributed by atoms with Crippen molar-refractivity contribution in [2.24, 2.45) is 0 Å². The summed E-state index contributed by atoms with van der Waals surface area (Å²) in [6, 6.07) is 0. The van der Waals surface area contributed by atoms with Crippen molar-refractivity contribution in [3.63, 3.8) is 0 Å². The number of nitrogens with one attached hydrogen (secondary N) is 2. The number of carbonyl (C=O) groups excluding carboxylic acids is 1. The molecule has 1 aliphatic rings. The highest BCUT2D eigenvalue weighted by atomic mass is 16.4. The Kier molecular flexibility index (Phi) is 3.14. The minimum atomic E-state index is -1.20. The molecule has 0 spiro atoms. The third-order valence-electron chi connectivity index (χ3n) is 3.12. The lowest BCUT2D eigenvalue weighted by atomic mass is 9.97. The molecule has 96 valence electrons. The summed E-state index contributed by atoms with van der Waals surface area (Å²) >= 11 is 0. The Balaban J connectivity index is 2.17. The standard InChI is InChI=1S/C11H13N3O4/c15-8-6-12-7(5-13-8)9(16)14-11(10(17)18)3-1-2-4-11/h5-6H,1-4H2,(H,13,15)(H,14,16)(H,17,18). The number of nitrogens with zero attached hydrogens (tertiary/aromatic N) is 1. The minimum absolute atomic E-state index is 0.00197. The van der Waals surface area contributed by atoms with Crippen LogP contribution in [0, 0.1) is 0 Å². The molecule has 0 saturated heterocycles. The number of carbonyl (C=O) groups is 2. The molecule has 7 nitrogen and oxygen atoms in total. The Labute approximate surface area is 102 Å². The van der Waals surface area contributed by atoms with E-state index in [2.05, 4.69) is 15.3 Å². The summed E-state index contributed by atoms with van der Waals surface area (Å²) in [6.07, 6.45) is 4.52. The molecule has 0 aliphatic heterocycles. The van der Waals surface area contributed by atoms with Crippen molar-refractivity contribution in [1.29, 1.82) is 0 Å². The van der Waals surface area contributed by atoms with E-state index in [-0.39, 0.29) is 5.69 Å². The summed E-state index contributed by atoms with van der Waals surface area (Å²) in [5.74, 6) is -1.62. The lowest BCUT2D eigenvalue weighted by Gasteiger charge is -2.24. The van der Waals surface area contributed by atoms with Gasteiger partial charge in [-0.05, 0) is 12.8 Å². The van der Waals surface area contributed by atoms with Crippen LogP contribution in [0.5, 0.6) is 0 Å². The Morgan fingerprint density at radius 1 is 1.39 bits per heavy atom. The number of carboxylic acid groups (broad SMARTS) is 1. The normalized spacial score (nSPS) is 17.3. The first kappa shape index (κ1) is 12.3. The molecule has 3 N–H and O–H groups in total. The van der Waals surface area contributed by atoms with E-state index >= 15 is 0 Å². The number of amides is 1. The molecular formula is C11H13N3O4. The Morgan fingerprint density at radius 2 is 2.06 bits per heavy atom. The lowest BCUT2D eigenvalue weighted by molar-refractivity contribution is -0.144. The molecule has 2 rings (SSSR count). The van der Waals surface area contributed by atoms with Crippen LogP contribution >= 0.6 is 0 Å². The average molecular weight is 251 g/mol. The number of aromatic amines is 1. The van der Waals surface area contributed by atoms with Gasteiger partial charge in [-0.2, -0.15) is 0 Å². The first-order valence-electron chi connectivity index (χ1n) is 5.64. The van der Waals surface area contributed by atoms with Gasteiger partial charge in [-0.15, -0.1) is 0 Å². The fourth-order valence-corrected chi connectivity index (χ4v) is 2.12. The number of carboxylic acids is 1. The second-order valence-electron chi connectivity index (χ2n) is 4.34. The zero-order valence-corrected chi connectivity index (χ0v) is 9.60. The first-order valence-corrected chi connectivity index (χ1v) is 5.64. The molecule has 1 saturated carbocycles. The third-order valence-corrected chi connectivity index (χ3v) is 3.12. The topological polar surface area (TPSA) is 112 Å². The zero-order chi connectivity index (χ0) is 13.2. The summed E-state index contributed by atoms with van der Waals surface area (Å²) in [6.45, 7) is 0. The van der Waals surface area contributed by atoms with Crippen molar-refractivity contribution in [2.45, 2.75) is 31.2 Å². The number of hydrogen-bond donors (Lipinski definition) is 3. The number of H-pyrrole nitrogens is 1. The van der Waals surface area contributed by atoms with Crippen LogP contribution in [0.3, 0.4) is 0 Å². The van der Waals surface area contributed by atoms with E-state index in [9.17, 15) is 19.5 Å². The van der Waals surface area contributed by atoms with Crippen molar-refractivity contribution in [3.8, 4) is 0 Å². The van der Waals surface area contributed by atoms with Crippen molar-refractivity contribution < 1.29 is 14.7 Å². The second-order valence-corrected chi connectivity index (χ2v) is 4.34. The molecule has 1 aliphatic carbocycles. The fourth-order valence-electron chi connectivity index (χ4n) is 2.12. The van der Waals surface area contributed by atoms with Gasteiger partial charge in [0, 0.05) is 6.20 Å². The molecular weight excluding hydrogens is 238 g/mol. The smallest absolute Gasteiger partial charge is 0.329 e. The third kappa shape index (κ3) is 2.24. The number of aromatic nitrogens is 2. The van der Waals surface area contributed by atoms with Gasteiger partial charge in [-0.3, -0.25) is 9.59 Å². The van der Waals surface area contributed by atoms with Gasteiger partial charge < -0.3 is 15.4 Å². The van der Waals surface area contributed by atoms with Gasteiger partial charge >= 0.3 is 5.97 Å². The first-order chi connectivity index (χ1) is 8.53. The molecule has 1 fully saturated rings. The largest absolute Gasteiger partial charge is 0.480 e. The SMILES string of the molecule is O=C(NC1(C(=O)O)CCCC1)c1c[nH]c(=O)cn1. The summed E-state index contributed by atoms with van der Waals surface area (Å²) in [5.41, 5.74) is -1.61. The summed E-state index contributed by atoms with van der Waals surface area (Å²) < 4.78 is 0. The molecule has 18 heavy (non-hydrogen) atoms. The molecule has 1 heterocycles. The van der Waals surface area contributed by atoms with Gasteiger partial charge in [-0.25, -0.2) is 9.78 Å². The van der Waals surface area contributed by atoms with Crippen LogP contribution < -0.4 is 10.9 Å². The van der Waals surface area contributed by atoms with Gasteiger partial charge in [0.25, 0.3) is 11.5 Å². The van der Waals surface area contributed by atoms with E-state index in [1.165, 1.54) is 6.20 Å². The predicted molar refractivity (Wildman–Crippen MR) is 61.2 cm³/mol. The average Bonchev–Trinajstić information content (AvgIpc) is 2.79. The van der Waals surface area contributed by atoms with Crippen molar-refractivity contribution in [1.82, 2.24) is 15.3 Å². The molecule has 1 aromatic heterocycles. The maximum absolute atomic E-state index is 11.9. The highest BCUT2D eigenvalue weighted by Gasteiger charge is 2.42. The number of hydrogen-bond acceptors (Lipinski definition) is 4. The van der Waals surface area contributed by atoms with Crippen molar-refractivity contribution in [3.05, 3.63) is 28.4 Å². The van der Waals surface area contributed by atoms with Crippen LogP contribution in [-0.4, -0.2) is 32.5 Å². The Bertz CT molecular complexity index is 511. The summed E-state index contributed by atoms with van der Waals surface area (Å²) in [5, 5.41) is 11.7. The number of rotatable bonds is 3. The fraction of sp³-hybridized carbons (Fsp3) is 0.455. The maximum Gasteiger partial charge on any atom is 0.329 e. The summed E-state index contributed by atoms with van der Waals surface area (Å²) in [7, 11) is 0. The van der Waals surface area contributed by atoms with Gasteiger partial charge in [0.05, 0.1) is 6.20 Å². The van der Waals surface area contributed by atoms with Gasteiger partial charge in [0.1, 0.15) is 11.2 Å². The quantitative estimate of drug-likeness (QED) is 0.694. The van der Waals surface area contributed by atoms with E-state index in [0.29, 0.717) is 12.8 Å². The predicted octanol–water partition coefficient (Wildman–Crippen LogP) is -0.103. The van der Waals surface area contributed by atoms with Gasteiger partial charge in [0.15, 0.2) is 0 Å². The highest BCUT2D eigenvalue weighted by Crippen LogP contribution is 2.30. The van der Waals surface area contributed by atoms with E-state index in [4.69, 9.17) is 0 Å². The minimum Gasteiger partial charge on any atom is -0.480 e. The maximum atomic E-state index is 11.9. The monoisotopic (exact) mass is 251 g/mol. The molecule has 0 atom stereocenters. The van der Waals surface area contributed by atoms with Crippen LogP contribution in [0.4, 0.5) is 0 Å². The highest BCUT2D eigenvalue weighted by molar-refractivity contribution is 5.96. The molecule has 1 amide bonds. The zero-order valence-electron chi connectivity index (χ0n) is 9.60. The molecule has 0 unspecified atom stereocenters. The Hall–Kier alpha value is -2.18. The van der Waals surface area contributed by atoms with Crippen LogP contribution in [0.1, 0.15) is 36.2 Å². The second kappa shape index (κ2) is 4.59. The van der Waals surface area contributed by atoms with E-state index in [1.54, 1.807) is 0 Å².